The van der Waals surface area contributed by atoms with Gasteiger partial charge in [-0.1, -0.05) is 12.7 Å². The van der Waals surface area contributed by atoms with E-state index in [1.807, 2.05) is 0 Å². The van der Waals surface area contributed by atoms with Crippen LogP contribution in [-0.4, -0.2) is 43.3 Å². The summed E-state index contributed by atoms with van der Waals surface area (Å²) in [5, 5.41) is 12.1. The Bertz CT molecular complexity index is 563. The summed E-state index contributed by atoms with van der Waals surface area (Å²) in [4.78, 5) is 23.7. The molecule has 0 radical (unpaired) electrons. The van der Waals surface area contributed by atoms with Gasteiger partial charge in [0.15, 0.2) is 0 Å². The SMILES string of the molecule is C=CCOc1ccc(C(=O)NCC(C(=O)O)C2CCOCC2)cc1. The maximum Gasteiger partial charge on any atom is 0.308 e. The molecule has 6 nitrogen and oxygen atoms in total. The molecule has 1 aromatic rings. The second-order valence-electron chi connectivity index (χ2n) is 5.73. The minimum absolute atomic E-state index is 0.0335. The summed E-state index contributed by atoms with van der Waals surface area (Å²) in [6, 6.07) is 6.70. The van der Waals surface area contributed by atoms with Gasteiger partial charge >= 0.3 is 5.97 Å². The van der Waals surface area contributed by atoms with Crippen LogP contribution in [0.25, 0.3) is 0 Å². The number of carbonyl (C=O) groups excluding carboxylic acids is 1. The molecule has 1 saturated heterocycles. The van der Waals surface area contributed by atoms with Crippen LogP contribution in [0.3, 0.4) is 0 Å². The van der Waals surface area contributed by atoms with Crippen LogP contribution in [0.4, 0.5) is 0 Å². The van der Waals surface area contributed by atoms with Crippen LogP contribution in [0.2, 0.25) is 0 Å². The van der Waals surface area contributed by atoms with Gasteiger partial charge in [-0.25, -0.2) is 0 Å². The van der Waals surface area contributed by atoms with Gasteiger partial charge in [0.2, 0.25) is 0 Å². The Kier molecular flexibility index (Phi) is 6.81. The minimum atomic E-state index is -0.879. The van der Waals surface area contributed by atoms with Gasteiger partial charge in [0.25, 0.3) is 5.91 Å². The lowest BCUT2D eigenvalue weighted by Gasteiger charge is -2.27. The monoisotopic (exact) mass is 333 g/mol. The molecule has 6 heteroatoms. The highest BCUT2D eigenvalue weighted by atomic mass is 16.5. The smallest absolute Gasteiger partial charge is 0.308 e. The zero-order valence-electron chi connectivity index (χ0n) is 13.6. The molecule has 1 atom stereocenters. The molecule has 2 N–H and O–H groups in total. The summed E-state index contributed by atoms with van der Waals surface area (Å²) in [5.74, 6) is -1.07. The number of benzene rings is 1. The minimum Gasteiger partial charge on any atom is -0.490 e. The second kappa shape index (κ2) is 9.08. The van der Waals surface area contributed by atoms with E-state index in [2.05, 4.69) is 11.9 Å². The third-order valence-corrected chi connectivity index (χ3v) is 4.12. The lowest BCUT2D eigenvalue weighted by atomic mass is 9.86. The average Bonchev–Trinajstić information content (AvgIpc) is 2.61. The first-order chi connectivity index (χ1) is 11.6. The molecule has 1 amide bonds. The van der Waals surface area contributed by atoms with E-state index in [0.29, 0.717) is 44.0 Å². The zero-order chi connectivity index (χ0) is 17.4. The molecule has 130 valence electrons. The molecule has 1 aromatic carbocycles. The number of rotatable bonds is 8. The highest BCUT2D eigenvalue weighted by Crippen LogP contribution is 2.24. The number of hydrogen-bond acceptors (Lipinski definition) is 4. The van der Waals surface area contributed by atoms with Crippen molar-refractivity contribution in [3.05, 3.63) is 42.5 Å². The van der Waals surface area contributed by atoms with Gasteiger partial charge in [0.05, 0.1) is 5.92 Å². The first-order valence-corrected chi connectivity index (χ1v) is 8.04. The van der Waals surface area contributed by atoms with E-state index < -0.39 is 11.9 Å². The van der Waals surface area contributed by atoms with Crippen molar-refractivity contribution in [3.8, 4) is 5.75 Å². The van der Waals surface area contributed by atoms with Crippen molar-refractivity contribution in [1.29, 1.82) is 0 Å². The van der Waals surface area contributed by atoms with Crippen LogP contribution in [-0.2, 0) is 9.53 Å². The van der Waals surface area contributed by atoms with E-state index in [1.54, 1.807) is 30.3 Å². The first-order valence-electron chi connectivity index (χ1n) is 8.04. The standard InChI is InChI=1S/C18H23NO5/c1-2-9-24-15-5-3-14(4-6-15)17(20)19-12-16(18(21)22)13-7-10-23-11-8-13/h2-6,13,16H,1,7-12H2,(H,19,20)(H,21,22). The third-order valence-electron chi connectivity index (χ3n) is 4.12. The molecule has 1 aliphatic heterocycles. The first kappa shape index (κ1) is 18.0. The number of carboxylic acid groups (broad SMARTS) is 1. The van der Waals surface area contributed by atoms with Crippen molar-refractivity contribution in [2.24, 2.45) is 11.8 Å². The molecule has 24 heavy (non-hydrogen) atoms. The number of carbonyl (C=O) groups is 2. The predicted octanol–water partition coefficient (Wildman–Crippen LogP) is 2.11. The fraction of sp³-hybridized carbons (Fsp3) is 0.444. The van der Waals surface area contributed by atoms with Gasteiger partial charge in [-0.3, -0.25) is 9.59 Å². The van der Waals surface area contributed by atoms with Gasteiger partial charge in [0, 0.05) is 25.3 Å². The highest BCUT2D eigenvalue weighted by molar-refractivity contribution is 5.94. The highest BCUT2D eigenvalue weighted by Gasteiger charge is 2.30. The van der Waals surface area contributed by atoms with Crippen molar-refractivity contribution in [1.82, 2.24) is 5.32 Å². The van der Waals surface area contributed by atoms with Gasteiger partial charge in [-0.05, 0) is 43.0 Å². The number of ether oxygens (including phenoxy) is 2. The molecule has 0 spiro atoms. The largest absolute Gasteiger partial charge is 0.490 e. The Morgan fingerprint density at radius 2 is 2.00 bits per heavy atom. The van der Waals surface area contributed by atoms with E-state index in [9.17, 15) is 14.7 Å². The second-order valence-corrected chi connectivity index (χ2v) is 5.73. The number of nitrogens with one attached hydrogen (secondary N) is 1. The Hall–Kier alpha value is -2.34. The summed E-state index contributed by atoms with van der Waals surface area (Å²) in [6.07, 6.45) is 3.06. The molecule has 0 aromatic heterocycles. The van der Waals surface area contributed by atoms with Crippen molar-refractivity contribution in [3.63, 3.8) is 0 Å². The van der Waals surface area contributed by atoms with Crippen LogP contribution in [0.5, 0.6) is 5.75 Å². The van der Waals surface area contributed by atoms with Crippen molar-refractivity contribution in [2.45, 2.75) is 12.8 Å². The predicted molar refractivity (Wildman–Crippen MR) is 89.1 cm³/mol. The average molecular weight is 333 g/mol. The van der Waals surface area contributed by atoms with Crippen molar-refractivity contribution in [2.75, 3.05) is 26.4 Å². The Morgan fingerprint density at radius 3 is 2.58 bits per heavy atom. The Labute approximate surface area is 141 Å². The lowest BCUT2D eigenvalue weighted by Crippen LogP contribution is -2.38. The van der Waals surface area contributed by atoms with Crippen LogP contribution in [0.1, 0.15) is 23.2 Å². The summed E-state index contributed by atoms with van der Waals surface area (Å²) in [6.45, 7) is 5.24. The molecule has 1 heterocycles. The van der Waals surface area contributed by atoms with Crippen LogP contribution >= 0.6 is 0 Å². The Morgan fingerprint density at radius 1 is 1.33 bits per heavy atom. The van der Waals surface area contributed by atoms with E-state index in [0.717, 1.165) is 0 Å². The maximum absolute atomic E-state index is 12.2. The fourth-order valence-corrected chi connectivity index (χ4v) is 2.74. The van der Waals surface area contributed by atoms with Crippen molar-refractivity contribution < 1.29 is 24.2 Å². The topological polar surface area (TPSA) is 84.9 Å². The van der Waals surface area contributed by atoms with Crippen LogP contribution in [0, 0.1) is 11.8 Å². The molecule has 1 unspecified atom stereocenters. The van der Waals surface area contributed by atoms with E-state index >= 15 is 0 Å². The van der Waals surface area contributed by atoms with Crippen LogP contribution < -0.4 is 10.1 Å². The quantitative estimate of drug-likeness (QED) is 0.712. The molecule has 0 bridgehead atoms. The molecule has 2 rings (SSSR count). The lowest BCUT2D eigenvalue weighted by molar-refractivity contribution is -0.144. The number of aliphatic carboxylic acids is 1. The molecule has 1 fully saturated rings. The maximum atomic E-state index is 12.2. The van der Waals surface area contributed by atoms with E-state index in [-0.39, 0.29) is 18.4 Å². The van der Waals surface area contributed by atoms with E-state index in [1.165, 1.54) is 0 Å². The van der Waals surface area contributed by atoms with Gasteiger partial charge in [-0.2, -0.15) is 0 Å². The van der Waals surface area contributed by atoms with Crippen LogP contribution in [0.15, 0.2) is 36.9 Å². The zero-order valence-corrected chi connectivity index (χ0v) is 13.6. The Balaban J connectivity index is 1.90. The molecular formula is C18H23NO5. The van der Waals surface area contributed by atoms with Gasteiger partial charge in [0.1, 0.15) is 12.4 Å². The van der Waals surface area contributed by atoms with Gasteiger partial charge < -0.3 is 19.9 Å². The summed E-state index contributed by atoms with van der Waals surface area (Å²) in [7, 11) is 0. The summed E-state index contributed by atoms with van der Waals surface area (Å²) in [5.41, 5.74) is 0.470. The van der Waals surface area contributed by atoms with E-state index in [4.69, 9.17) is 9.47 Å². The molecule has 1 aliphatic rings. The normalized spacial score (nSPS) is 16.2. The molecule has 0 aliphatic carbocycles. The third kappa shape index (κ3) is 5.09. The van der Waals surface area contributed by atoms with Gasteiger partial charge in [-0.15, -0.1) is 0 Å². The molecule has 0 saturated carbocycles. The van der Waals surface area contributed by atoms with Crippen molar-refractivity contribution >= 4 is 11.9 Å². The molecular weight excluding hydrogens is 310 g/mol. The number of hydrogen-bond donors (Lipinski definition) is 2. The summed E-state index contributed by atoms with van der Waals surface area (Å²) >= 11 is 0. The number of carboxylic acids is 1. The fourth-order valence-electron chi connectivity index (χ4n) is 2.74. The number of amides is 1. The summed E-state index contributed by atoms with van der Waals surface area (Å²) < 4.78 is 10.6.